The number of hydrogen-bond acceptors (Lipinski definition) is 5. The van der Waals surface area contributed by atoms with Crippen LogP contribution >= 0.6 is 0 Å². The van der Waals surface area contributed by atoms with Crippen LogP contribution in [-0.2, 0) is 6.42 Å². The maximum absolute atomic E-state index is 13.9. The molecular weight excluding hydrogens is 327 g/mol. The van der Waals surface area contributed by atoms with Crippen LogP contribution in [0.15, 0.2) is 47.0 Å². The number of carboxylic acid groups (broad SMARTS) is 1. The highest BCUT2D eigenvalue weighted by atomic mass is 19.1. The molecule has 0 aliphatic rings. The third-order valence-corrected chi connectivity index (χ3v) is 3.39. The molecule has 1 aromatic heterocycles. The Morgan fingerprint density at radius 2 is 2.04 bits per heavy atom. The Morgan fingerprint density at radius 1 is 1.28 bits per heavy atom. The fraction of sp³-hybridized carbons (Fsp3) is 0.0588. The van der Waals surface area contributed by atoms with Crippen LogP contribution in [0.1, 0.15) is 17.0 Å². The molecule has 1 heterocycles. The van der Waals surface area contributed by atoms with E-state index >= 15 is 0 Å². The molecule has 0 spiro atoms. The van der Waals surface area contributed by atoms with E-state index in [9.17, 15) is 9.18 Å². The predicted octanol–water partition coefficient (Wildman–Crippen LogP) is 3.43. The van der Waals surface area contributed by atoms with Crippen LogP contribution < -0.4 is 5.32 Å². The van der Waals surface area contributed by atoms with Gasteiger partial charge in [-0.15, -0.1) is 0 Å². The number of nitriles is 1. The van der Waals surface area contributed by atoms with Gasteiger partial charge in [0.1, 0.15) is 5.82 Å². The van der Waals surface area contributed by atoms with E-state index in [1.165, 1.54) is 12.1 Å². The molecule has 0 atom stereocenters. The second-order valence-corrected chi connectivity index (χ2v) is 5.11. The molecule has 0 aliphatic carbocycles. The van der Waals surface area contributed by atoms with Crippen LogP contribution in [0.25, 0.3) is 11.4 Å². The maximum atomic E-state index is 13.9. The van der Waals surface area contributed by atoms with E-state index in [1.54, 1.807) is 24.3 Å². The molecular formula is C17H11FN4O3. The molecule has 3 rings (SSSR count). The lowest BCUT2D eigenvalue weighted by Crippen LogP contribution is -2.06. The highest BCUT2D eigenvalue weighted by molar-refractivity contribution is 5.83. The molecule has 0 saturated heterocycles. The van der Waals surface area contributed by atoms with Crippen molar-refractivity contribution in [1.82, 2.24) is 10.1 Å². The van der Waals surface area contributed by atoms with Gasteiger partial charge in [-0.2, -0.15) is 10.2 Å². The summed E-state index contributed by atoms with van der Waals surface area (Å²) in [5.74, 6) is 0.0279. The highest BCUT2D eigenvalue weighted by Gasteiger charge is 2.12. The van der Waals surface area contributed by atoms with Crippen molar-refractivity contribution in [2.45, 2.75) is 6.42 Å². The Hall–Kier alpha value is -3.73. The van der Waals surface area contributed by atoms with Crippen LogP contribution in [0.2, 0.25) is 0 Å². The van der Waals surface area contributed by atoms with Gasteiger partial charge in [0.2, 0.25) is 11.7 Å². The number of anilines is 1. The molecule has 2 aromatic carbocycles. The molecule has 124 valence electrons. The second kappa shape index (κ2) is 6.80. The Labute approximate surface area is 141 Å². The highest BCUT2D eigenvalue weighted by Crippen LogP contribution is 2.20. The van der Waals surface area contributed by atoms with Crippen molar-refractivity contribution >= 4 is 11.8 Å². The lowest BCUT2D eigenvalue weighted by atomic mass is 10.1. The minimum absolute atomic E-state index is 0.100. The zero-order valence-corrected chi connectivity index (χ0v) is 12.7. The van der Waals surface area contributed by atoms with Crippen molar-refractivity contribution in [2.75, 3.05) is 5.32 Å². The van der Waals surface area contributed by atoms with Crippen molar-refractivity contribution in [1.29, 1.82) is 5.26 Å². The summed E-state index contributed by atoms with van der Waals surface area (Å²) in [6, 6.07) is 12.5. The Morgan fingerprint density at radius 3 is 2.68 bits per heavy atom. The van der Waals surface area contributed by atoms with Gasteiger partial charge in [0.15, 0.2) is 0 Å². The van der Waals surface area contributed by atoms with Gasteiger partial charge in [-0.05, 0) is 42.0 Å². The van der Waals surface area contributed by atoms with Gasteiger partial charge in [-0.1, -0.05) is 11.2 Å². The standard InChI is InChI=1S/C17H11FN4O3/c18-14-7-10(9-19)1-2-12(14)8-15-21-16(22-25-15)11-3-5-13(6-4-11)20-17(23)24/h1-7,20H,8H2,(H,23,24). The van der Waals surface area contributed by atoms with E-state index in [0.29, 0.717) is 22.6 Å². The molecule has 0 aliphatic heterocycles. The molecule has 0 fully saturated rings. The van der Waals surface area contributed by atoms with Crippen LogP contribution in [0.5, 0.6) is 0 Å². The smallest absolute Gasteiger partial charge is 0.409 e. The average Bonchev–Trinajstić information content (AvgIpc) is 3.05. The quantitative estimate of drug-likeness (QED) is 0.753. The summed E-state index contributed by atoms with van der Waals surface area (Å²) in [5, 5.41) is 23.5. The third-order valence-electron chi connectivity index (χ3n) is 3.39. The number of amides is 1. The normalized spacial score (nSPS) is 10.2. The Kier molecular flexibility index (Phi) is 4.39. The Bertz CT molecular complexity index is 961. The molecule has 3 aromatic rings. The summed E-state index contributed by atoms with van der Waals surface area (Å²) >= 11 is 0. The van der Waals surface area contributed by atoms with E-state index in [-0.39, 0.29) is 17.9 Å². The topological polar surface area (TPSA) is 112 Å². The molecule has 2 N–H and O–H groups in total. The number of benzene rings is 2. The van der Waals surface area contributed by atoms with Crippen molar-refractivity contribution in [3.8, 4) is 17.5 Å². The number of rotatable bonds is 4. The lowest BCUT2D eigenvalue weighted by molar-refractivity contribution is 0.209. The van der Waals surface area contributed by atoms with Crippen molar-refractivity contribution in [3.63, 3.8) is 0 Å². The molecule has 25 heavy (non-hydrogen) atoms. The van der Waals surface area contributed by atoms with Crippen molar-refractivity contribution in [2.24, 2.45) is 0 Å². The van der Waals surface area contributed by atoms with Gasteiger partial charge in [0.05, 0.1) is 18.1 Å². The molecule has 0 bridgehead atoms. The number of carbonyl (C=O) groups is 1. The number of nitrogens with one attached hydrogen (secondary N) is 1. The monoisotopic (exact) mass is 338 g/mol. The van der Waals surface area contributed by atoms with Crippen LogP contribution in [-0.4, -0.2) is 21.3 Å². The lowest BCUT2D eigenvalue weighted by Gasteiger charge is -2.00. The van der Waals surface area contributed by atoms with E-state index in [1.807, 2.05) is 6.07 Å². The first-order valence-electron chi connectivity index (χ1n) is 7.16. The van der Waals surface area contributed by atoms with Gasteiger partial charge in [-0.3, -0.25) is 5.32 Å². The minimum atomic E-state index is -1.15. The summed E-state index contributed by atoms with van der Waals surface area (Å²) in [6.07, 6.45) is -1.05. The summed E-state index contributed by atoms with van der Waals surface area (Å²) < 4.78 is 19.0. The van der Waals surface area contributed by atoms with E-state index in [4.69, 9.17) is 14.9 Å². The van der Waals surface area contributed by atoms with E-state index in [0.717, 1.165) is 6.07 Å². The molecule has 7 nitrogen and oxygen atoms in total. The van der Waals surface area contributed by atoms with Gasteiger partial charge >= 0.3 is 6.09 Å². The van der Waals surface area contributed by atoms with E-state index in [2.05, 4.69) is 15.5 Å². The molecule has 8 heteroatoms. The number of nitrogens with zero attached hydrogens (tertiary/aromatic N) is 3. The first-order valence-corrected chi connectivity index (χ1v) is 7.16. The van der Waals surface area contributed by atoms with Gasteiger partial charge in [0.25, 0.3) is 0 Å². The number of aromatic nitrogens is 2. The number of halogens is 1. The Balaban J connectivity index is 1.76. The molecule has 0 saturated carbocycles. The minimum Gasteiger partial charge on any atom is -0.465 e. The number of hydrogen-bond donors (Lipinski definition) is 2. The van der Waals surface area contributed by atoms with Crippen molar-refractivity contribution in [3.05, 3.63) is 65.3 Å². The predicted molar refractivity (Wildman–Crippen MR) is 85.3 cm³/mol. The first-order chi connectivity index (χ1) is 12.0. The fourth-order valence-electron chi connectivity index (χ4n) is 2.19. The zero-order valence-electron chi connectivity index (χ0n) is 12.7. The fourth-order valence-corrected chi connectivity index (χ4v) is 2.19. The zero-order chi connectivity index (χ0) is 17.8. The summed E-state index contributed by atoms with van der Waals surface area (Å²) in [5.41, 5.74) is 1.63. The van der Waals surface area contributed by atoms with Gasteiger partial charge < -0.3 is 9.63 Å². The van der Waals surface area contributed by atoms with Crippen LogP contribution in [0.3, 0.4) is 0 Å². The molecule has 0 radical (unpaired) electrons. The summed E-state index contributed by atoms with van der Waals surface area (Å²) in [4.78, 5) is 14.8. The molecule has 1 amide bonds. The second-order valence-electron chi connectivity index (χ2n) is 5.11. The SMILES string of the molecule is N#Cc1ccc(Cc2nc(-c3ccc(NC(=O)O)cc3)no2)c(F)c1. The van der Waals surface area contributed by atoms with Crippen LogP contribution in [0.4, 0.5) is 14.9 Å². The van der Waals surface area contributed by atoms with Gasteiger partial charge in [0, 0.05) is 11.3 Å². The van der Waals surface area contributed by atoms with Crippen molar-refractivity contribution < 1.29 is 18.8 Å². The summed E-state index contributed by atoms with van der Waals surface area (Å²) in [7, 11) is 0. The molecule has 0 unspecified atom stereocenters. The van der Waals surface area contributed by atoms with E-state index < -0.39 is 11.9 Å². The largest absolute Gasteiger partial charge is 0.465 e. The maximum Gasteiger partial charge on any atom is 0.409 e. The summed E-state index contributed by atoms with van der Waals surface area (Å²) in [6.45, 7) is 0. The third kappa shape index (κ3) is 3.79. The average molecular weight is 338 g/mol. The van der Waals surface area contributed by atoms with Gasteiger partial charge in [-0.25, -0.2) is 9.18 Å². The first kappa shape index (κ1) is 16.1. The van der Waals surface area contributed by atoms with Crippen LogP contribution in [0, 0.1) is 17.1 Å².